The molecule has 0 bridgehead atoms. The Morgan fingerprint density at radius 1 is 0.553 bits per heavy atom. The van der Waals surface area contributed by atoms with Gasteiger partial charge in [-0.15, -0.1) is 11.6 Å². The quantitative estimate of drug-likeness (QED) is 0.116. The first kappa shape index (κ1) is 33.9. The predicted molar refractivity (Wildman–Crippen MR) is 164 cm³/mol. The molecule has 0 unspecified atom stereocenters. The molecule has 0 saturated heterocycles. The van der Waals surface area contributed by atoms with E-state index in [0.29, 0.717) is 11.1 Å². The van der Waals surface area contributed by atoms with Crippen LogP contribution in [0.1, 0.15) is 141 Å². The molecule has 0 aliphatic heterocycles. The molecule has 0 heterocycles. The first-order chi connectivity index (χ1) is 18.5. The van der Waals surface area contributed by atoms with Gasteiger partial charge < -0.3 is 0 Å². The van der Waals surface area contributed by atoms with Gasteiger partial charge in [0.15, 0.2) is 0 Å². The molecular weight excluding hydrogens is 490 g/mol. The fourth-order valence-corrected chi connectivity index (χ4v) is 4.72. The summed E-state index contributed by atoms with van der Waals surface area (Å²) in [7, 11) is 0. The summed E-state index contributed by atoms with van der Waals surface area (Å²) in [5.74, 6) is 0.107. The van der Waals surface area contributed by atoms with Gasteiger partial charge in [-0.25, -0.2) is 0 Å². The molecule has 4 heteroatoms. The van der Waals surface area contributed by atoms with E-state index < -0.39 is 0 Å². The van der Waals surface area contributed by atoms with Crippen LogP contribution in [-0.2, 0) is 0 Å². The molecule has 2 aromatic carbocycles. The molecule has 2 aromatic rings. The van der Waals surface area contributed by atoms with Crippen molar-refractivity contribution in [3.63, 3.8) is 0 Å². The molecule has 3 nitrogen and oxygen atoms in total. The van der Waals surface area contributed by atoms with Gasteiger partial charge in [-0.3, -0.25) is 14.9 Å². The van der Waals surface area contributed by atoms with Crippen LogP contribution < -0.4 is 5.32 Å². The number of rotatable bonds is 18. The van der Waals surface area contributed by atoms with Crippen molar-refractivity contribution in [2.24, 2.45) is 0 Å². The molecule has 0 spiro atoms. The van der Waals surface area contributed by atoms with Crippen LogP contribution in [0.2, 0.25) is 0 Å². The van der Waals surface area contributed by atoms with Gasteiger partial charge in [-0.1, -0.05) is 140 Å². The van der Waals surface area contributed by atoms with Crippen molar-refractivity contribution in [1.29, 1.82) is 0 Å². The van der Waals surface area contributed by atoms with Crippen LogP contribution in [0.4, 0.5) is 0 Å². The summed E-state index contributed by atoms with van der Waals surface area (Å²) in [5.41, 5.74) is 2.73. The highest BCUT2D eigenvalue weighted by molar-refractivity contribution is 6.17. The van der Waals surface area contributed by atoms with Gasteiger partial charge in [0, 0.05) is 17.0 Å². The van der Waals surface area contributed by atoms with Crippen molar-refractivity contribution < 1.29 is 9.59 Å². The lowest BCUT2D eigenvalue weighted by Crippen LogP contribution is -2.31. The molecule has 0 atom stereocenters. The zero-order valence-corrected chi connectivity index (χ0v) is 25.1. The van der Waals surface area contributed by atoms with Crippen molar-refractivity contribution in [3.05, 3.63) is 70.8 Å². The third-order valence-electron chi connectivity index (χ3n) is 6.99. The third kappa shape index (κ3) is 16.0. The van der Waals surface area contributed by atoms with Gasteiger partial charge >= 0.3 is 0 Å². The molecule has 0 fully saturated rings. The zero-order valence-electron chi connectivity index (χ0n) is 24.3. The van der Waals surface area contributed by atoms with Crippen molar-refractivity contribution in [2.45, 2.75) is 124 Å². The van der Waals surface area contributed by atoms with Crippen LogP contribution in [0.3, 0.4) is 0 Å². The minimum Gasteiger partial charge on any atom is -0.288 e. The zero-order chi connectivity index (χ0) is 27.8. The van der Waals surface area contributed by atoms with Crippen LogP contribution >= 0.6 is 11.6 Å². The smallest absolute Gasteiger partial charge is 0.258 e. The second-order valence-electron chi connectivity index (χ2n) is 10.4. The Kier molecular flexibility index (Phi) is 20.4. The molecule has 0 saturated carbocycles. The van der Waals surface area contributed by atoms with Crippen molar-refractivity contribution in [3.8, 4) is 0 Å². The molecule has 0 aliphatic carbocycles. The van der Waals surface area contributed by atoms with Gasteiger partial charge in [-0.05, 0) is 43.5 Å². The Labute approximate surface area is 238 Å². The maximum Gasteiger partial charge on any atom is 0.258 e. The number of hydrogen-bond donors (Lipinski definition) is 1. The SMILES string of the molecule is CCCCCCCCCCCCCCCCCCCl.Cc1ccccc1C(=O)NC(=O)c1ccccc1C. The van der Waals surface area contributed by atoms with E-state index in [1.165, 1.54) is 103 Å². The van der Waals surface area contributed by atoms with Crippen LogP contribution in [-0.4, -0.2) is 17.7 Å². The lowest BCUT2D eigenvalue weighted by Gasteiger charge is -2.08. The molecule has 0 radical (unpaired) electrons. The van der Waals surface area contributed by atoms with Crippen LogP contribution in [0.25, 0.3) is 0 Å². The van der Waals surface area contributed by atoms with E-state index in [9.17, 15) is 9.59 Å². The topological polar surface area (TPSA) is 46.2 Å². The van der Waals surface area contributed by atoms with Crippen molar-refractivity contribution >= 4 is 23.4 Å². The molecule has 0 aliphatic rings. The monoisotopic (exact) mass is 541 g/mol. The Morgan fingerprint density at radius 3 is 1.18 bits per heavy atom. The number of nitrogens with one attached hydrogen (secondary N) is 1. The van der Waals surface area contributed by atoms with E-state index in [1.807, 2.05) is 38.1 Å². The first-order valence-corrected chi connectivity index (χ1v) is 15.6. The Morgan fingerprint density at radius 2 is 0.868 bits per heavy atom. The number of benzene rings is 2. The van der Waals surface area contributed by atoms with Gasteiger partial charge in [-0.2, -0.15) is 0 Å². The number of carbonyl (C=O) groups excluding carboxylic acids is 2. The molecule has 38 heavy (non-hydrogen) atoms. The number of hydrogen-bond acceptors (Lipinski definition) is 2. The number of imide groups is 1. The summed E-state index contributed by atoms with van der Waals surface area (Å²) < 4.78 is 0. The maximum atomic E-state index is 12.0. The predicted octanol–water partition coefficient (Wildman–Crippen LogP) is 10.4. The van der Waals surface area contributed by atoms with E-state index in [4.69, 9.17) is 11.6 Å². The standard InChI is InChI=1S/C18H37Cl.C16H15NO2/c1-2-3-4-5-6-7-8-9-10-11-12-13-14-15-16-17-18-19;1-11-7-3-5-9-13(11)15(18)17-16(19)14-10-6-4-8-12(14)2/h2-18H2,1H3;3-10H,1-2H3,(H,17,18,19). The average molecular weight is 542 g/mol. The minimum atomic E-state index is -0.369. The molecule has 1 N–H and O–H groups in total. The van der Waals surface area contributed by atoms with E-state index in [1.54, 1.807) is 24.3 Å². The number of unbranched alkanes of at least 4 members (excludes halogenated alkanes) is 15. The highest BCUT2D eigenvalue weighted by Crippen LogP contribution is 2.14. The summed E-state index contributed by atoms with van der Waals surface area (Å²) in [6, 6.07) is 14.4. The third-order valence-corrected chi connectivity index (χ3v) is 7.26. The molecular formula is C34H52ClNO2. The number of alkyl halides is 1. The van der Waals surface area contributed by atoms with Gasteiger partial charge in [0.25, 0.3) is 11.8 Å². The number of carbonyl (C=O) groups is 2. The largest absolute Gasteiger partial charge is 0.288 e. The highest BCUT2D eigenvalue weighted by atomic mass is 35.5. The van der Waals surface area contributed by atoms with Crippen LogP contribution in [0, 0.1) is 13.8 Å². The Bertz CT molecular complexity index is 824. The van der Waals surface area contributed by atoms with Crippen molar-refractivity contribution in [1.82, 2.24) is 5.32 Å². The maximum absolute atomic E-state index is 12.0. The summed E-state index contributed by atoms with van der Waals surface area (Å²) in [5, 5.41) is 2.42. The van der Waals surface area contributed by atoms with E-state index >= 15 is 0 Å². The summed E-state index contributed by atoms with van der Waals surface area (Å²) in [4.78, 5) is 24.1. The van der Waals surface area contributed by atoms with E-state index in [2.05, 4.69) is 12.2 Å². The number of aryl methyl sites for hydroxylation is 2. The van der Waals surface area contributed by atoms with Crippen LogP contribution in [0.5, 0.6) is 0 Å². The molecule has 212 valence electrons. The van der Waals surface area contributed by atoms with E-state index in [-0.39, 0.29) is 11.8 Å². The molecule has 2 rings (SSSR count). The second kappa shape index (κ2) is 22.8. The normalized spacial score (nSPS) is 10.5. The number of amides is 2. The van der Waals surface area contributed by atoms with Crippen molar-refractivity contribution in [2.75, 3.05) is 5.88 Å². The molecule has 2 amide bonds. The fourth-order valence-electron chi connectivity index (χ4n) is 4.54. The minimum absolute atomic E-state index is 0.369. The van der Waals surface area contributed by atoms with Gasteiger partial charge in [0.1, 0.15) is 0 Å². The summed E-state index contributed by atoms with van der Waals surface area (Å²) in [6.07, 6.45) is 22.8. The van der Waals surface area contributed by atoms with Gasteiger partial charge in [0.05, 0.1) is 0 Å². The summed E-state index contributed by atoms with van der Waals surface area (Å²) in [6.45, 7) is 5.97. The lowest BCUT2D eigenvalue weighted by molar-refractivity contribution is 0.0848. The van der Waals surface area contributed by atoms with E-state index in [0.717, 1.165) is 17.0 Å². The Balaban J connectivity index is 0.000000380. The van der Waals surface area contributed by atoms with Crippen LogP contribution in [0.15, 0.2) is 48.5 Å². The molecule has 0 aromatic heterocycles. The first-order valence-electron chi connectivity index (χ1n) is 15.0. The Hall–Kier alpha value is -2.13. The fraction of sp³-hybridized carbons (Fsp3) is 0.588. The highest BCUT2D eigenvalue weighted by Gasteiger charge is 2.14. The van der Waals surface area contributed by atoms with Gasteiger partial charge in [0.2, 0.25) is 0 Å². The summed E-state index contributed by atoms with van der Waals surface area (Å²) >= 11 is 5.66. The number of halogens is 1. The lowest BCUT2D eigenvalue weighted by atomic mass is 10.0. The second-order valence-corrected chi connectivity index (χ2v) is 10.8. The average Bonchev–Trinajstić information content (AvgIpc) is 2.91.